The lowest BCUT2D eigenvalue weighted by Crippen LogP contribution is -1.98. The van der Waals surface area contributed by atoms with Crippen LogP contribution in [0.4, 0.5) is 0 Å². The molecule has 10 heteroatoms. The zero-order valence-electron chi connectivity index (χ0n) is 22.7. The number of nitrogens with one attached hydrogen (secondary N) is 1. The Bertz CT molecular complexity index is 2130. The van der Waals surface area contributed by atoms with E-state index in [1.807, 2.05) is 120 Å². The second-order valence-electron chi connectivity index (χ2n) is 9.20. The van der Waals surface area contributed by atoms with Crippen LogP contribution in [0, 0.1) is 3.57 Å². The summed E-state index contributed by atoms with van der Waals surface area (Å²) in [7, 11) is 0. The lowest BCUT2D eigenvalue weighted by atomic mass is 10.3. The van der Waals surface area contributed by atoms with Crippen molar-refractivity contribution in [1.29, 1.82) is 0 Å². The van der Waals surface area contributed by atoms with Crippen LogP contribution in [-0.4, -0.2) is 28.8 Å². The van der Waals surface area contributed by atoms with Gasteiger partial charge in [0.2, 0.25) is 0 Å². The first-order chi connectivity index (χ1) is 21.1. The second-order valence-corrected chi connectivity index (χ2v) is 10.4. The number of H-pyrrole nitrogens is 1. The summed E-state index contributed by atoms with van der Waals surface area (Å²) in [6.45, 7) is 0. The number of benzene rings is 2. The Morgan fingerprint density at radius 2 is 1.30 bits per heavy atom. The lowest BCUT2D eigenvalue weighted by molar-refractivity contribution is 0.482. The molecule has 0 saturated heterocycles. The summed E-state index contributed by atoms with van der Waals surface area (Å²) < 4.78 is 18.0. The van der Waals surface area contributed by atoms with Crippen molar-refractivity contribution in [2.45, 2.75) is 0 Å². The maximum atomic E-state index is 10.8. The lowest BCUT2D eigenvalue weighted by Gasteiger charge is -2.05. The third-order valence-electron chi connectivity index (χ3n) is 6.20. The number of para-hydroxylation sites is 2. The Kier molecular flexibility index (Phi) is 8.46. The molecule has 0 saturated carbocycles. The molecule has 0 aliphatic heterocycles. The highest BCUT2D eigenvalue weighted by Crippen LogP contribution is 2.24. The van der Waals surface area contributed by atoms with Crippen LogP contribution in [0.2, 0.25) is 0 Å². The number of hydrogen-bond acceptors (Lipinski definition) is 5. The quantitative estimate of drug-likeness (QED) is 0.195. The van der Waals surface area contributed by atoms with Gasteiger partial charge >= 0.3 is 0 Å². The van der Waals surface area contributed by atoms with Crippen LogP contribution in [0.5, 0.6) is 23.0 Å². The molecule has 8 rings (SSSR count). The fourth-order valence-electron chi connectivity index (χ4n) is 4.16. The summed E-state index contributed by atoms with van der Waals surface area (Å²) in [5.41, 5.74) is 3.01. The first kappa shape index (κ1) is 27.8. The van der Waals surface area contributed by atoms with E-state index in [1.165, 1.54) is 6.07 Å². The normalized spacial score (nSPS) is 10.5. The summed E-state index contributed by atoms with van der Waals surface area (Å²) in [6.07, 6.45) is 10.9. The highest BCUT2D eigenvalue weighted by atomic mass is 127. The van der Waals surface area contributed by atoms with E-state index in [9.17, 15) is 4.79 Å². The van der Waals surface area contributed by atoms with Gasteiger partial charge in [-0.05, 0) is 71.1 Å². The molecule has 2 aromatic carbocycles. The molecule has 0 bridgehead atoms. The molecule has 9 nitrogen and oxygen atoms in total. The smallest absolute Gasteiger partial charge is 0.182 e. The van der Waals surface area contributed by atoms with E-state index in [2.05, 4.69) is 37.9 Å². The fraction of sp³-hybridized carbons (Fsp3) is 0. The van der Waals surface area contributed by atoms with Crippen LogP contribution in [0.25, 0.3) is 16.6 Å². The van der Waals surface area contributed by atoms with Crippen molar-refractivity contribution in [3.05, 3.63) is 160 Å². The van der Waals surface area contributed by atoms with E-state index in [0.717, 1.165) is 43.1 Å². The number of hydrogen-bond donors (Lipinski definition) is 1. The average molecular weight is 681 g/mol. The van der Waals surface area contributed by atoms with Crippen LogP contribution >= 0.6 is 22.6 Å². The first-order valence-electron chi connectivity index (χ1n) is 13.3. The van der Waals surface area contributed by atoms with Crippen LogP contribution in [-0.2, 0) is 0 Å². The number of pyridine rings is 3. The Morgan fingerprint density at radius 3 is 2.02 bits per heavy atom. The summed E-state index contributed by atoms with van der Waals surface area (Å²) in [4.78, 5) is 10.8. The minimum absolute atomic E-state index is 0.0413. The first-order valence-corrected chi connectivity index (χ1v) is 14.4. The molecule has 6 heterocycles. The van der Waals surface area contributed by atoms with E-state index in [0.29, 0.717) is 0 Å². The van der Waals surface area contributed by atoms with Gasteiger partial charge in [-0.15, -0.1) is 0 Å². The molecule has 6 aromatic heterocycles. The van der Waals surface area contributed by atoms with Crippen molar-refractivity contribution in [3.8, 4) is 23.0 Å². The Labute approximate surface area is 259 Å². The van der Waals surface area contributed by atoms with Gasteiger partial charge in [-0.3, -0.25) is 9.31 Å². The maximum absolute atomic E-state index is 10.8. The summed E-state index contributed by atoms with van der Waals surface area (Å²) in [5, 5.41) is 11.3. The van der Waals surface area contributed by atoms with Crippen molar-refractivity contribution < 1.29 is 9.47 Å². The third kappa shape index (κ3) is 7.11. The summed E-state index contributed by atoms with van der Waals surface area (Å²) in [6, 6.07) is 34.1. The minimum atomic E-state index is 0.0413. The fourth-order valence-corrected chi connectivity index (χ4v) is 4.68. The predicted molar refractivity (Wildman–Crippen MR) is 174 cm³/mol. The van der Waals surface area contributed by atoms with Crippen molar-refractivity contribution >= 4 is 39.1 Å². The molecular formula is C33H25IN6O3. The second kappa shape index (κ2) is 13.1. The van der Waals surface area contributed by atoms with Gasteiger partial charge in [-0.1, -0.05) is 36.4 Å². The van der Waals surface area contributed by atoms with Crippen LogP contribution in [0.3, 0.4) is 0 Å². The van der Waals surface area contributed by atoms with Gasteiger partial charge < -0.3 is 14.6 Å². The van der Waals surface area contributed by atoms with Crippen LogP contribution < -0.4 is 14.9 Å². The van der Waals surface area contributed by atoms with Crippen LogP contribution in [0.1, 0.15) is 0 Å². The molecular weight excluding hydrogens is 655 g/mol. The molecule has 43 heavy (non-hydrogen) atoms. The highest BCUT2D eigenvalue weighted by Gasteiger charge is 2.03. The molecule has 0 atom stereocenters. The molecule has 0 unspecified atom stereocenters. The number of rotatable bonds is 4. The van der Waals surface area contributed by atoms with Gasteiger partial charge in [0.25, 0.3) is 0 Å². The molecule has 1 N–H and O–H groups in total. The van der Waals surface area contributed by atoms with Crippen LogP contribution in [0.15, 0.2) is 151 Å². The zero-order valence-corrected chi connectivity index (χ0v) is 24.9. The monoisotopic (exact) mass is 680 g/mol. The number of halogens is 1. The van der Waals surface area contributed by atoms with Crippen molar-refractivity contribution in [2.24, 2.45) is 0 Å². The van der Waals surface area contributed by atoms with Gasteiger partial charge in [-0.2, -0.15) is 10.2 Å². The van der Waals surface area contributed by atoms with Gasteiger partial charge in [0, 0.05) is 55.2 Å². The topological polar surface area (TPSA) is 90.3 Å². The molecule has 0 amide bonds. The Morgan fingerprint density at radius 1 is 0.628 bits per heavy atom. The molecule has 0 aliphatic carbocycles. The van der Waals surface area contributed by atoms with E-state index in [-0.39, 0.29) is 5.43 Å². The maximum Gasteiger partial charge on any atom is 0.182 e. The standard InChI is InChI=1S/C13H9IN2O.C13H10N2O.C7H6N2O/c14-12-9-15-16-7-6-11(8-13(12)16)17-10-4-2-1-3-5-10;1-2-4-12(5-3-1)16-13-7-9-15-11(10-13)6-8-14-15;10-7-2-4-9-6(5-7)1-3-8-9/h1-9H;1-10H;1-5,8H. The number of nitrogens with zero attached hydrogens (tertiary/aromatic N) is 5. The van der Waals surface area contributed by atoms with Gasteiger partial charge in [0.15, 0.2) is 5.43 Å². The largest absolute Gasteiger partial charge is 0.457 e. The SMILES string of the molecule is Ic1cnn2ccc(Oc3ccccc3)cc12.O=c1ccn2[nH]ccc2c1.c1ccc(Oc2ccn3nccc3c2)cc1. The molecule has 0 radical (unpaired) electrons. The third-order valence-corrected chi connectivity index (χ3v) is 7.03. The highest BCUT2D eigenvalue weighted by molar-refractivity contribution is 14.1. The van der Waals surface area contributed by atoms with Gasteiger partial charge in [-0.25, -0.2) is 9.03 Å². The van der Waals surface area contributed by atoms with Crippen molar-refractivity contribution in [3.63, 3.8) is 0 Å². The van der Waals surface area contributed by atoms with E-state index in [4.69, 9.17) is 9.47 Å². The molecule has 212 valence electrons. The molecule has 0 fully saturated rings. The Hall–Kier alpha value is -5.36. The van der Waals surface area contributed by atoms with E-state index in [1.54, 1.807) is 33.7 Å². The van der Waals surface area contributed by atoms with E-state index < -0.39 is 0 Å². The number of ether oxygens (including phenoxy) is 2. The number of aromatic nitrogens is 6. The summed E-state index contributed by atoms with van der Waals surface area (Å²) in [5.74, 6) is 3.32. The zero-order chi connectivity index (χ0) is 29.4. The number of aromatic amines is 1. The molecule has 0 spiro atoms. The molecule has 8 aromatic rings. The van der Waals surface area contributed by atoms with E-state index >= 15 is 0 Å². The van der Waals surface area contributed by atoms with Gasteiger partial charge in [0.1, 0.15) is 23.0 Å². The Balaban J connectivity index is 0.000000119. The average Bonchev–Trinajstić information content (AvgIpc) is 3.79. The predicted octanol–water partition coefficient (Wildman–Crippen LogP) is 7.49. The summed E-state index contributed by atoms with van der Waals surface area (Å²) >= 11 is 2.26. The minimum Gasteiger partial charge on any atom is -0.457 e. The molecule has 0 aliphatic rings. The van der Waals surface area contributed by atoms with Crippen molar-refractivity contribution in [2.75, 3.05) is 0 Å². The van der Waals surface area contributed by atoms with Crippen molar-refractivity contribution in [1.82, 2.24) is 28.8 Å². The van der Waals surface area contributed by atoms with Gasteiger partial charge in [0.05, 0.1) is 26.3 Å². The number of fused-ring (bicyclic) bond motifs is 3.